The molecule has 0 bridgehead atoms. The van der Waals surface area contributed by atoms with Gasteiger partial charge in [-0.1, -0.05) is 13.5 Å². The van der Waals surface area contributed by atoms with Gasteiger partial charge in [0, 0.05) is 13.5 Å². The first-order valence-corrected chi connectivity index (χ1v) is 6.19. The molecule has 0 aromatic rings. The van der Waals surface area contributed by atoms with Crippen LogP contribution in [0, 0.1) is 0 Å². The minimum atomic E-state index is -0.567. The van der Waals surface area contributed by atoms with Crippen LogP contribution in [-0.2, 0) is 14.2 Å². The molecule has 0 aromatic carbocycles. The maximum Gasteiger partial charge on any atom is 0.162 e. The Balaban J connectivity index is 4.27. The molecule has 102 valence electrons. The Morgan fingerprint density at radius 3 is 2.06 bits per heavy atom. The molecule has 17 heavy (non-hydrogen) atoms. The van der Waals surface area contributed by atoms with Crippen LogP contribution in [0.25, 0.3) is 0 Å². The van der Waals surface area contributed by atoms with Crippen LogP contribution >= 0.6 is 0 Å². The maximum absolute atomic E-state index is 5.86. The van der Waals surface area contributed by atoms with Gasteiger partial charge in [0.1, 0.15) is 5.60 Å². The summed E-state index contributed by atoms with van der Waals surface area (Å²) in [5.74, 6) is 0.194. The zero-order chi connectivity index (χ0) is 13.7. The zero-order valence-electron chi connectivity index (χ0n) is 12.4. The number of hydrogen-bond donors (Lipinski definition) is 0. The maximum atomic E-state index is 5.86. The molecule has 0 radical (unpaired) electrons. The Hall–Kier alpha value is -0.540. The summed E-state index contributed by atoms with van der Waals surface area (Å²) in [7, 11) is 1.65. The Morgan fingerprint density at radius 2 is 1.71 bits per heavy atom. The molecular formula is C14H28O3. The standard InChI is InChI=1S/C14H28O3/c1-9-12(17-14(6,7)15-8)10-11(2)16-13(3,4)5/h12H,2,9-10H2,1,3-8H3. The quantitative estimate of drug-likeness (QED) is 0.502. The van der Waals surface area contributed by atoms with Crippen LogP contribution in [0.5, 0.6) is 0 Å². The van der Waals surface area contributed by atoms with Crippen molar-refractivity contribution in [1.82, 2.24) is 0 Å². The van der Waals surface area contributed by atoms with Crippen LogP contribution < -0.4 is 0 Å². The number of hydrogen-bond acceptors (Lipinski definition) is 3. The third-order valence-electron chi connectivity index (χ3n) is 2.30. The first-order valence-electron chi connectivity index (χ1n) is 6.19. The molecule has 0 aliphatic carbocycles. The summed E-state index contributed by atoms with van der Waals surface area (Å²) in [6, 6.07) is 0. The van der Waals surface area contributed by atoms with E-state index in [-0.39, 0.29) is 11.7 Å². The molecule has 0 N–H and O–H groups in total. The summed E-state index contributed by atoms with van der Waals surface area (Å²) < 4.78 is 16.8. The normalized spacial score (nSPS) is 14.5. The van der Waals surface area contributed by atoms with Crippen LogP contribution in [0.1, 0.15) is 54.4 Å². The highest BCUT2D eigenvalue weighted by Crippen LogP contribution is 2.22. The molecule has 1 atom stereocenters. The second-order valence-corrected chi connectivity index (χ2v) is 5.71. The fourth-order valence-electron chi connectivity index (χ4n) is 1.45. The van der Waals surface area contributed by atoms with E-state index in [0.29, 0.717) is 6.42 Å². The summed E-state index contributed by atoms with van der Waals surface area (Å²) in [6.45, 7) is 15.9. The van der Waals surface area contributed by atoms with Crippen molar-refractivity contribution in [2.75, 3.05) is 7.11 Å². The molecule has 1 unspecified atom stereocenters. The lowest BCUT2D eigenvalue weighted by molar-refractivity contribution is -0.224. The Kier molecular flexibility index (Phi) is 6.20. The molecule has 0 rings (SSSR count). The van der Waals surface area contributed by atoms with Crippen LogP contribution in [0.4, 0.5) is 0 Å². The van der Waals surface area contributed by atoms with E-state index in [1.54, 1.807) is 7.11 Å². The molecule has 0 spiro atoms. The lowest BCUT2D eigenvalue weighted by Gasteiger charge is -2.30. The van der Waals surface area contributed by atoms with Crippen molar-refractivity contribution in [2.24, 2.45) is 0 Å². The molecule has 3 heteroatoms. The van der Waals surface area contributed by atoms with Gasteiger partial charge >= 0.3 is 0 Å². The summed E-state index contributed by atoms with van der Waals surface area (Å²) in [4.78, 5) is 0. The molecule has 0 saturated heterocycles. The van der Waals surface area contributed by atoms with Crippen molar-refractivity contribution >= 4 is 0 Å². The number of methoxy groups -OCH3 is 1. The SMILES string of the molecule is C=C(CC(CC)OC(C)(C)OC)OC(C)(C)C. The lowest BCUT2D eigenvalue weighted by atomic mass is 10.1. The van der Waals surface area contributed by atoms with Gasteiger partial charge in [-0.05, 0) is 41.0 Å². The minimum absolute atomic E-state index is 0.0693. The van der Waals surface area contributed by atoms with Gasteiger partial charge in [-0.25, -0.2) is 0 Å². The van der Waals surface area contributed by atoms with Gasteiger partial charge in [0.25, 0.3) is 0 Å². The number of ether oxygens (including phenoxy) is 3. The molecule has 0 saturated carbocycles. The van der Waals surface area contributed by atoms with Gasteiger partial charge in [0.2, 0.25) is 0 Å². The topological polar surface area (TPSA) is 27.7 Å². The van der Waals surface area contributed by atoms with E-state index in [0.717, 1.165) is 12.2 Å². The highest BCUT2D eigenvalue weighted by molar-refractivity contribution is 4.89. The molecule has 0 heterocycles. The molecule has 0 aromatic heterocycles. The number of rotatable bonds is 7. The third kappa shape index (κ3) is 8.22. The van der Waals surface area contributed by atoms with E-state index < -0.39 is 5.79 Å². The van der Waals surface area contributed by atoms with Crippen molar-refractivity contribution in [3.63, 3.8) is 0 Å². The van der Waals surface area contributed by atoms with Crippen LogP contribution in [0.15, 0.2) is 12.3 Å². The van der Waals surface area contributed by atoms with E-state index in [2.05, 4.69) is 13.5 Å². The predicted molar refractivity (Wildman–Crippen MR) is 70.8 cm³/mol. The highest BCUT2D eigenvalue weighted by atomic mass is 16.7. The monoisotopic (exact) mass is 244 g/mol. The van der Waals surface area contributed by atoms with E-state index in [4.69, 9.17) is 14.2 Å². The fraction of sp³-hybridized carbons (Fsp3) is 0.857. The van der Waals surface area contributed by atoms with E-state index in [9.17, 15) is 0 Å². The van der Waals surface area contributed by atoms with Crippen molar-refractivity contribution in [3.8, 4) is 0 Å². The van der Waals surface area contributed by atoms with E-state index in [1.165, 1.54) is 0 Å². The van der Waals surface area contributed by atoms with Gasteiger partial charge in [-0.15, -0.1) is 0 Å². The van der Waals surface area contributed by atoms with E-state index in [1.807, 2.05) is 34.6 Å². The summed E-state index contributed by atoms with van der Waals surface area (Å²) >= 11 is 0. The minimum Gasteiger partial charge on any atom is -0.493 e. The van der Waals surface area contributed by atoms with E-state index >= 15 is 0 Å². The second kappa shape index (κ2) is 6.41. The van der Waals surface area contributed by atoms with Crippen LogP contribution in [0.3, 0.4) is 0 Å². The van der Waals surface area contributed by atoms with Crippen LogP contribution in [0.2, 0.25) is 0 Å². The summed E-state index contributed by atoms with van der Waals surface area (Å²) in [5.41, 5.74) is -0.202. The molecule has 0 aliphatic rings. The predicted octanol–water partition coefficient (Wildman–Crippen LogP) is 3.88. The average molecular weight is 244 g/mol. The smallest absolute Gasteiger partial charge is 0.162 e. The van der Waals surface area contributed by atoms with Gasteiger partial charge < -0.3 is 14.2 Å². The third-order valence-corrected chi connectivity index (χ3v) is 2.30. The average Bonchev–Trinajstić information content (AvgIpc) is 2.13. The van der Waals surface area contributed by atoms with Crippen LogP contribution in [-0.4, -0.2) is 24.6 Å². The van der Waals surface area contributed by atoms with Crippen molar-refractivity contribution in [3.05, 3.63) is 12.3 Å². The zero-order valence-corrected chi connectivity index (χ0v) is 12.4. The largest absolute Gasteiger partial charge is 0.493 e. The molecule has 0 fully saturated rings. The summed E-state index contributed by atoms with van der Waals surface area (Å²) in [6.07, 6.45) is 1.67. The first-order chi connectivity index (χ1) is 7.59. The van der Waals surface area contributed by atoms with Crippen molar-refractivity contribution in [2.45, 2.75) is 71.9 Å². The molecular weight excluding hydrogens is 216 g/mol. The first kappa shape index (κ1) is 16.5. The molecule has 0 amide bonds. The second-order valence-electron chi connectivity index (χ2n) is 5.71. The fourth-order valence-corrected chi connectivity index (χ4v) is 1.45. The van der Waals surface area contributed by atoms with Gasteiger partial charge in [0.15, 0.2) is 5.79 Å². The Morgan fingerprint density at radius 1 is 1.18 bits per heavy atom. The Bertz CT molecular complexity index is 238. The van der Waals surface area contributed by atoms with Gasteiger partial charge in [-0.2, -0.15) is 0 Å². The van der Waals surface area contributed by atoms with Gasteiger partial charge in [0.05, 0.1) is 11.9 Å². The molecule has 3 nitrogen and oxygen atoms in total. The van der Waals surface area contributed by atoms with Crippen molar-refractivity contribution < 1.29 is 14.2 Å². The van der Waals surface area contributed by atoms with Gasteiger partial charge in [-0.3, -0.25) is 0 Å². The summed E-state index contributed by atoms with van der Waals surface area (Å²) in [5, 5.41) is 0. The lowest BCUT2D eigenvalue weighted by Crippen LogP contribution is -2.33. The molecule has 0 aliphatic heterocycles. The van der Waals surface area contributed by atoms with Crippen molar-refractivity contribution in [1.29, 1.82) is 0 Å². The highest BCUT2D eigenvalue weighted by Gasteiger charge is 2.23. The Labute approximate surface area is 106 Å².